The summed E-state index contributed by atoms with van der Waals surface area (Å²) in [7, 11) is -3.70. The molecule has 0 amide bonds. The molecule has 0 aromatic rings. The van der Waals surface area contributed by atoms with Gasteiger partial charge in [-0.3, -0.25) is 4.79 Å². The Labute approximate surface area is 77.0 Å². The summed E-state index contributed by atoms with van der Waals surface area (Å²) in [6.07, 6.45) is 2.29. The molecule has 0 saturated heterocycles. The lowest BCUT2D eigenvalue weighted by molar-refractivity contribution is -0.142. The number of nitrogens with two attached hydrogens (primary N) is 1. The minimum Gasteiger partial charge on any atom is -0.481 e. The van der Waals surface area contributed by atoms with Crippen molar-refractivity contribution in [1.82, 2.24) is 0 Å². The van der Waals surface area contributed by atoms with Crippen molar-refractivity contribution >= 4 is 16.0 Å². The summed E-state index contributed by atoms with van der Waals surface area (Å²) in [6, 6.07) is 0. The summed E-state index contributed by atoms with van der Waals surface area (Å²) in [5.74, 6) is -1.87. The lowest BCUT2D eigenvalue weighted by atomic mass is 9.89. The summed E-state index contributed by atoms with van der Waals surface area (Å²) >= 11 is 0. The topological polar surface area (TPSA) is 97.5 Å². The number of primary sulfonamides is 1. The van der Waals surface area contributed by atoms with E-state index in [1.807, 2.05) is 0 Å². The van der Waals surface area contributed by atoms with Gasteiger partial charge in [0.2, 0.25) is 10.0 Å². The minimum atomic E-state index is -3.70. The molecule has 76 valence electrons. The average Bonchev–Trinajstić information content (AvgIpc) is 2.03. The van der Waals surface area contributed by atoms with E-state index < -0.39 is 27.2 Å². The fourth-order valence-corrected chi connectivity index (χ4v) is 2.98. The zero-order chi connectivity index (χ0) is 10.1. The fraction of sp³-hybridized carbons (Fsp3) is 0.857. The minimum absolute atomic E-state index is 0.371. The first-order chi connectivity index (χ1) is 5.93. The summed E-state index contributed by atoms with van der Waals surface area (Å²) in [5.41, 5.74) is 0. The summed E-state index contributed by atoms with van der Waals surface area (Å²) < 4.78 is 22.0. The lowest BCUT2D eigenvalue weighted by Gasteiger charge is -2.26. The summed E-state index contributed by atoms with van der Waals surface area (Å²) in [6.45, 7) is 0. The lowest BCUT2D eigenvalue weighted by Crippen LogP contribution is -2.40. The molecule has 1 aliphatic rings. The molecule has 1 aliphatic carbocycles. The Morgan fingerprint density at radius 3 is 2.23 bits per heavy atom. The first-order valence-electron chi connectivity index (χ1n) is 4.17. The van der Waals surface area contributed by atoms with Crippen LogP contribution in [0.1, 0.15) is 25.7 Å². The Hall–Kier alpha value is -0.620. The van der Waals surface area contributed by atoms with Crippen LogP contribution in [0.25, 0.3) is 0 Å². The Bertz CT molecular complexity index is 298. The van der Waals surface area contributed by atoms with E-state index in [1.165, 1.54) is 0 Å². The normalized spacial score (nSPS) is 29.9. The third kappa shape index (κ3) is 2.41. The van der Waals surface area contributed by atoms with E-state index in [-0.39, 0.29) is 0 Å². The van der Waals surface area contributed by atoms with Crippen LogP contribution in [-0.2, 0) is 14.8 Å². The van der Waals surface area contributed by atoms with Crippen molar-refractivity contribution in [3.8, 4) is 0 Å². The van der Waals surface area contributed by atoms with Crippen LogP contribution < -0.4 is 5.14 Å². The van der Waals surface area contributed by atoms with Crippen LogP contribution in [0.15, 0.2) is 0 Å². The smallest absolute Gasteiger partial charge is 0.307 e. The molecule has 1 saturated carbocycles. The molecule has 1 rings (SSSR count). The van der Waals surface area contributed by atoms with Crippen molar-refractivity contribution < 1.29 is 18.3 Å². The van der Waals surface area contributed by atoms with E-state index in [0.29, 0.717) is 12.8 Å². The van der Waals surface area contributed by atoms with Crippen LogP contribution in [0.5, 0.6) is 0 Å². The zero-order valence-electron chi connectivity index (χ0n) is 7.14. The van der Waals surface area contributed by atoms with Gasteiger partial charge in [-0.25, -0.2) is 13.6 Å². The van der Waals surface area contributed by atoms with Gasteiger partial charge in [-0.15, -0.1) is 0 Å². The van der Waals surface area contributed by atoms with Crippen LogP contribution >= 0.6 is 0 Å². The third-order valence-electron chi connectivity index (χ3n) is 2.44. The number of carbonyl (C=O) groups is 1. The highest BCUT2D eigenvalue weighted by Gasteiger charge is 2.37. The first-order valence-corrected chi connectivity index (χ1v) is 5.78. The maximum atomic E-state index is 11.0. The summed E-state index contributed by atoms with van der Waals surface area (Å²) in [4.78, 5) is 10.7. The molecular weight excluding hydrogens is 194 g/mol. The molecule has 0 radical (unpaired) electrons. The number of rotatable bonds is 2. The molecule has 2 atom stereocenters. The first kappa shape index (κ1) is 10.5. The maximum Gasteiger partial charge on any atom is 0.307 e. The Morgan fingerprint density at radius 1 is 1.31 bits per heavy atom. The van der Waals surface area contributed by atoms with E-state index in [2.05, 4.69) is 0 Å². The van der Waals surface area contributed by atoms with E-state index in [0.717, 1.165) is 12.8 Å². The van der Waals surface area contributed by atoms with Crippen molar-refractivity contribution in [3.05, 3.63) is 0 Å². The second kappa shape index (κ2) is 3.63. The van der Waals surface area contributed by atoms with Gasteiger partial charge in [0, 0.05) is 0 Å². The van der Waals surface area contributed by atoms with Crippen molar-refractivity contribution in [3.63, 3.8) is 0 Å². The monoisotopic (exact) mass is 207 g/mol. The van der Waals surface area contributed by atoms with Gasteiger partial charge >= 0.3 is 5.97 Å². The van der Waals surface area contributed by atoms with Crippen LogP contribution in [0.4, 0.5) is 0 Å². The molecule has 0 aliphatic heterocycles. The number of carboxylic acids is 1. The third-order valence-corrected chi connectivity index (χ3v) is 3.85. The van der Waals surface area contributed by atoms with Gasteiger partial charge in [0.05, 0.1) is 11.2 Å². The standard InChI is InChI=1S/C7H13NO4S/c8-13(11,12)6-4-2-1-3-5(6)7(9)10/h5-6H,1-4H2,(H,9,10)(H2,8,11,12). The average molecular weight is 207 g/mol. The van der Waals surface area contributed by atoms with Crippen LogP contribution in [-0.4, -0.2) is 24.7 Å². The zero-order valence-corrected chi connectivity index (χ0v) is 7.96. The van der Waals surface area contributed by atoms with E-state index in [4.69, 9.17) is 10.2 Å². The molecule has 0 heterocycles. The molecule has 5 nitrogen and oxygen atoms in total. The molecular formula is C7H13NO4S. The SMILES string of the molecule is NS(=O)(=O)C1CCCCC1C(=O)O. The highest BCUT2D eigenvalue weighted by atomic mass is 32.2. The second-order valence-electron chi connectivity index (χ2n) is 3.36. The number of carboxylic acid groups (broad SMARTS) is 1. The van der Waals surface area contributed by atoms with Crippen molar-refractivity contribution in [2.45, 2.75) is 30.9 Å². The van der Waals surface area contributed by atoms with Gasteiger partial charge in [0.15, 0.2) is 0 Å². The molecule has 0 aromatic heterocycles. The van der Waals surface area contributed by atoms with Gasteiger partial charge in [0.1, 0.15) is 0 Å². The molecule has 1 fully saturated rings. The number of aliphatic carboxylic acids is 1. The van der Waals surface area contributed by atoms with Gasteiger partial charge in [-0.05, 0) is 12.8 Å². The molecule has 0 aromatic carbocycles. The highest BCUT2D eigenvalue weighted by Crippen LogP contribution is 2.28. The van der Waals surface area contributed by atoms with Crippen molar-refractivity contribution in [2.75, 3.05) is 0 Å². The quantitative estimate of drug-likeness (QED) is 0.661. The van der Waals surface area contributed by atoms with E-state index >= 15 is 0 Å². The maximum absolute atomic E-state index is 11.0. The number of hydrogen-bond acceptors (Lipinski definition) is 3. The molecule has 13 heavy (non-hydrogen) atoms. The van der Waals surface area contributed by atoms with Gasteiger partial charge in [0.25, 0.3) is 0 Å². The predicted molar refractivity (Wildman–Crippen MR) is 46.5 cm³/mol. The van der Waals surface area contributed by atoms with Gasteiger partial charge in [-0.1, -0.05) is 12.8 Å². The van der Waals surface area contributed by atoms with Crippen LogP contribution in [0.2, 0.25) is 0 Å². The highest BCUT2D eigenvalue weighted by molar-refractivity contribution is 7.89. The van der Waals surface area contributed by atoms with E-state index in [9.17, 15) is 13.2 Å². The number of sulfonamides is 1. The van der Waals surface area contributed by atoms with Crippen LogP contribution in [0, 0.1) is 5.92 Å². The molecule has 3 N–H and O–H groups in total. The Morgan fingerprint density at radius 2 is 1.85 bits per heavy atom. The van der Waals surface area contributed by atoms with Crippen LogP contribution in [0.3, 0.4) is 0 Å². The summed E-state index contributed by atoms with van der Waals surface area (Å²) in [5, 5.41) is 12.8. The largest absolute Gasteiger partial charge is 0.481 e. The van der Waals surface area contributed by atoms with Gasteiger partial charge < -0.3 is 5.11 Å². The molecule has 0 spiro atoms. The molecule has 6 heteroatoms. The number of hydrogen-bond donors (Lipinski definition) is 2. The second-order valence-corrected chi connectivity index (χ2v) is 5.14. The van der Waals surface area contributed by atoms with E-state index in [1.54, 1.807) is 0 Å². The van der Waals surface area contributed by atoms with Crippen molar-refractivity contribution in [1.29, 1.82) is 0 Å². The molecule has 2 unspecified atom stereocenters. The predicted octanol–water partition coefficient (Wildman–Crippen LogP) is -0.0817. The Balaban J connectivity index is 2.86. The van der Waals surface area contributed by atoms with Gasteiger partial charge in [-0.2, -0.15) is 0 Å². The molecule has 0 bridgehead atoms. The van der Waals surface area contributed by atoms with Crippen molar-refractivity contribution in [2.24, 2.45) is 11.1 Å². The Kier molecular flexibility index (Phi) is 2.92. The fourth-order valence-electron chi connectivity index (χ4n) is 1.77.